The summed E-state index contributed by atoms with van der Waals surface area (Å²) in [4.78, 5) is 0. The fourth-order valence-electron chi connectivity index (χ4n) is 1.59. The summed E-state index contributed by atoms with van der Waals surface area (Å²) in [6, 6.07) is 4.18. The van der Waals surface area contributed by atoms with E-state index in [1.165, 1.54) is 31.4 Å². The van der Waals surface area contributed by atoms with Gasteiger partial charge in [0.25, 0.3) is 0 Å². The highest BCUT2D eigenvalue weighted by Crippen LogP contribution is 2.18. The van der Waals surface area contributed by atoms with Crippen LogP contribution in [0, 0.1) is 11.6 Å². The second kappa shape index (κ2) is 4.05. The van der Waals surface area contributed by atoms with Gasteiger partial charge in [0.2, 0.25) is 0 Å². The van der Waals surface area contributed by atoms with Crippen molar-refractivity contribution in [2.75, 3.05) is 0 Å². The van der Waals surface area contributed by atoms with Gasteiger partial charge >= 0.3 is 0 Å². The molecule has 0 aromatic heterocycles. The van der Waals surface area contributed by atoms with Crippen LogP contribution in [-0.2, 0) is 6.54 Å². The van der Waals surface area contributed by atoms with Crippen molar-refractivity contribution in [3.63, 3.8) is 0 Å². The van der Waals surface area contributed by atoms with Gasteiger partial charge in [0.1, 0.15) is 11.6 Å². The van der Waals surface area contributed by atoms with Gasteiger partial charge in [0.05, 0.1) is 0 Å². The average molecular weight is 197 g/mol. The Balaban J connectivity index is 1.94. The van der Waals surface area contributed by atoms with Crippen LogP contribution >= 0.6 is 0 Å². The Kier molecular flexibility index (Phi) is 2.77. The van der Waals surface area contributed by atoms with Gasteiger partial charge in [0, 0.05) is 18.7 Å². The van der Waals surface area contributed by atoms with Crippen LogP contribution in [-0.4, -0.2) is 6.04 Å². The Morgan fingerprint density at radius 1 is 1.14 bits per heavy atom. The Morgan fingerprint density at radius 2 is 1.79 bits per heavy atom. The molecule has 1 aromatic carbocycles. The van der Waals surface area contributed by atoms with E-state index in [2.05, 4.69) is 5.32 Å². The molecule has 0 saturated heterocycles. The number of benzene rings is 1. The molecule has 0 heterocycles. The maximum atomic E-state index is 12.8. The van der Waals surface area contributed by atoms with Gasteiger partial charge in [-0.1, -0.05) is 6.42 Å². The molecule has 3 heteroatoms. The molecule has 1 N–H and O–H groups in total. The Labute approximate surface area is 82.1 Å². The lowest BCUT2D eigenvalue weighted by molar-refractivity contribution is 0.338. The van der Waals surface area contributed by atoms with E-state index in [4.69, 9.17) is 0 Å². The second-order valence-corrected chi connectivity index (χ2v) is 3.79. The van der Waals surface area contributed by atoms with Gasteiger partial charge in [-0.25, -0.2) is 8.78 Å². The van der Waals surface area contributed by atoms with Crippen molar-refractivity contribution in [3.8, 4) is 0 Å². The lowest BCUT2D eigenvalue weighted by Gasteiger charge is -2.26. The fraction of sp³-hybridized carbons (Fsp3) is 0.455. The maximum absolute atomic E-state index is 12.8. The van der Waals surface area contributed by atoms with E-state index < -0.39 is 11.6 Å². The molecule has 0 spiro atoms. The third-order valence-corrected chi connectivity index (χ3v) is 2.62. The highest BCUT2D eigenvalue weighted by Gasteiger charge is 2.16. The molecule has 0 amide bonds. The first-order valence-corrected chi connectivity index (χ1v) is 4.92. The molecule has 1 aromatic rings. The van der Waals surface area contributed by atoms with E-state index in [1.807, 2.05) is 0 Å². The van der Waals surface area contributed by atoms with Crippen molar-refractivity contribution in [2.45, 2.75) is 31.8 Å². The smallest absolute Gasteiger partial charge is 0.126 e. The van der Waals surface area contributed by atoms with Crippen LogP contribution in [0.15, 0.2) is 18.2 Å². The zero-order chi connectivity index (χ0) is 9.97. The monoisotopic (exact) mass is 197 g/mol. The average Bonchev–Trinajstić information content (AvgIpc) is 1.99. The van der Waals surface area contributed by atoms with E-state index in [9.17, 15) is 8.78 Å². The molecule has 0 unspecified atom stereocenters. The van der Waals surface area contributed by atoms with Crippen molar-refractivity contribution in [1.82, 2.24) is 5.32 Å². The minimum atomic E-state index is -0.504. The lowest BCUT2D eigenvalue weighted by Crippen LogP contribution is -2.34. The molecular formula is C11H13F2N. The number of halogens is 2. The van der Waals surface area contributed by atoms with Crippen molar-refractivity contribution in [3.05, 3.63) is 35.4 Å². The zero-order valence-corrected chi connectivity index (χ0v) is 7.89. The quantitative estimate of drug-likeness (QED) is 0.785. The summed E-state index contributed by atoms with van der Waals surface area (Å²) < 4.78 is 25.6. The molecule has 1 saturated carbocycles. The lowest BCUT2D eigenvalue weighted by atomic mass is 9.93. The number of hydrogen-bond donors (Lipinski definition) is 1. The summed E-state index contributed by atoms with van der Waals surface area (Å²) in [6.45, 7) is 0.555. The fourth-order valence-corrected chi connectivity index (χ4v) is 1.59. The zero-order valence-electron chi connectivity index (χ0n) is 7.89. The first kappa shape index (κ1) is 9.59. The summed E-state index contributed by atoms with van der Waals surface area (Å²) in [5, 5.41) is 3.26. The minimum absolute atomic E-state index is 0.504. The van der Waals surface area contributed by atoms with Crippen molar-refractivity contribution in [1.29, 1.82) is 0 Å². The Bertz CT molecular complexity index is 301. The number of nitrogens with one attached hydrogen (secondary N) is 1. The topological polar surface area (TPSA) is 12.0 Å². The van der Waals surface area contributed by atoms with Crippen molar-refractivity contribution in [2.24, 2.45) is 0 Å². The molecule has 14 heavy (non-hydrogen) atoms. The third kappa shape index (κ3) is 2.29. The molecular weight excluding hydrogens is 184 g/mol. The van der Waals surface area contributed by atoms with Crippen LogP contribution in [0.2, 0.25) is 0 Å². The van der Waals surface area contributed by atoms with Crippen LogP contribution in [0.1, 0.15) is 24.8 Å². The molecule has 0 aliphatic heterocycles. The SMILES string of the molecule is Fc1cc(F)cc(CNC2CCC2)c1. The maximum Gasteiger partial charge on any atom is 0.126 e. The Morgan fingerprint density at radius 3 is 2.29 bits per heavy atom. The van der Waals surface area contributed by atoms with E-state index in [1.54, 1.807) is 0 Å². The van der Waals surface area contributed by atoms with Crippen molar-refractivity contribution < 1.29 is 8.78 Å². The normalized spacial score (nSPS) is 16.7. The molecule has 0 radical (unpaired) electrons. The van der Waals surface area contributed by atoms with Crippen LogP contribution in [0.25, 0.3) is 0 Å². The van der Waals surface area contributed by atoms with Gasteiger partial charge in [-0.3, -0.25) is 0 Å². The summed E-state index contributed by atoms with van der Waals surface area (Å²) in [5.74, 6) is -1.01. The molecule has 1 aliphatic carbocycles. The van der Waals surface area contributed by atoms with Crippen molar-refractivity contribution >= 4 is 0 Å². The van der Waals surface area contributed by atoms with E-state index in [0.717, 1.165) is 6.07 Å². The van der Waals surface area contributed by atoms with Crippen LogP contribution in [0.5, 0.6) is 0 Å². The molecule has 1 fully saturated rings. The first-order valence-electron chi connectivity index (χ1n) is 4.92. The summed E-state index contributed by atoms with van der Waals surface area (Å²) in [6.07, 6.45) is 3.62. The van der Waals surface area contributed by atoms with Crippen LogP contribution < -0.4 is 5.32 Å². The van der Waals surface area contributed by atoms with Gasteiger partial charge in [-0.15, -0.1) is 0 Å². The van der Waals surface area contributed by atoms with Gasteiger partial charge in [0.15, 0.2) is 0 Å². The standard InChI is InChI=1S/C11H13F2N/c12-9-4-8(5-10(13)6-9)7-14-11-2-1-3-11/h4-6,11,14H,1-3,7H2. The number of hydrogen-bond acceptors (Lipinski definition) is 1. The third-order valence-electron chi connectivity index (χ3n) is 2.62. The number of rotatable bonds is 3. The summed E-state index contributed by atoms with van der Waals surface area (Å²) >= 11 is 0. The van der Waals surface area contributed by atoms with Crippen LogP contribution in [0.4, 0.5) is 8.78 Å². The minimum Gasteiger partial charge on any atom is -0.310 e. The highest BCUT2D eigenvalue weighted by atomic mass is 19.1. The first-order chi connectivity index (χ1) is 6.74. The summed E-state index contributed by atoms with van der Waals surface area (Å²) in [7, 11) is 0. The molecule has 1 aliphatic rings. The van der Waals surface area contributed by atoms with E-state index in [-0.39, 0.29) is 0 Å². The van der Waals surface area contributed by atoms with E-state index in [0.29, 0.717) is 18.2 Å². The molecule has 76 valence electrons. The van der Waals surface area contributed by atoms with E-state index >= 15 is 0 Å². The molecule has 1 nitrogen and oxygen atoms in total. The highest BCUT2D eigenvalue weighted by molar-refractivity contribution is 5.17. The Hall–Kier alpha value is -0.960. The van der Waals surface area contributed by atoms with Gasteiger partial charge < -0.3 is 5.32 Å². The second-order valence-electron chi connectivity index (χ2n) is 3.79. The van der Waals surface area contributed by atoms with Crippen LogP contribution in [0.3, 0.4) is 0 Å². The van der Waals surface area contributed by atoms with Gasteiger partial charge in [-0.05, 0) is 30.5 Å². The predicted octanol–water partition coefficient (Wildman–Crippen LogP) is 2.61. The molecule has 0 atom stereocenters. The summed E-state index contributed by atoms with van der Waals surface area (Å²) in [5.41, 5.74) is 0.675. The molecule has 2 rings (SSSR count). The largest absolute Gasteiger partial charge is 0.310 e. The molecule has 0 bridgehead atoms. The predicted molar refractivity (Wildman–Crippen MR) is 50.8 cm³/mol. The van der Waals surface area contributed by atoms with Gasteiger partial charge in [-0.2, -0.15) is 0 Å².